The summed E-state index contributed by atoms with van der Waals surface area (Å²) in [6.45, 7) is 1.65. The molecule has 0 aliphatic rings. The van der Waals surface area contributed by atoms with Crippen molar-refractivity contribution in [2.45, 2.75) is 13.3 Å². The minimum absolute atomic E-state index is 0.0529. The molecule has 108 valence electrons. The molecule has 7 heteroatoms. The van der Waals surface area contributed by atoms with Crippen LogP contribution in [-0.4, -0.2) is 29.7 Å². The van der Waals surface area contributed by atoms with Gasteiger partial charge in [0.15, 0.2) is 5.75 Å². The molecule has 0 radical (unpaired) electrons. The second-order valence-corrected chi connectivity index (χ2v) is 3.79. The lowest BCUT2D eigenvalue weighted by atomic mass is 10.2. The number of rotatable bonds is 7. The summed E-state index contributed by atoms with van der Waals surface area (Å²) in [5, 5.41) is 19.7. The standard InChI is InChI=1S/C13H15NO6/c1-3-9(13(15)16)6-7-20-12-5-4-10(19-2)8-11(12)14(17)18/h4-6,8H,3,7H2,1-2H3,(H,15,16). The molecule has 1 N–H and O–H groups in total. The van der Waals surface area contributed by atoms with Crippen LogP contribution in [0.2, 0.25) is 0 Å². The molecule has 0 saturated heterocycles. The zero-order valence-electron chi connectivity index (χ0n) is 11.2. The van der Waals surface area contributed by atoms with Crippen LogP contribution in [0, 0.1) is 10.1 Å². The highest BCUT2D eigenvalue weighted by Gasteiger charge is 2.16. The van der Waals surface area contributed by atoms with Crippen LogP contribution < -0.4 is 9.47 Å². The van der Waals surface area contributed by atoms with Gasteiger partial charge in [0.2, 0.25) is 0 Å². The van der Waals surface area contributed by atoms with E-state index in [1.54, 1.807) is 6.92 Å². The van der Waals surface area contributed by atoms with Crippen LogP contribution in [-0.2, 0) is 4.79 Å². The van der Waals surface area contributed by atoms with Crippen molar-refractivity contribution < 1.29 is 24.3 Å². The van der Waals surface area contributed by atoms with E-state index < -0.39 is 10.9 Å². The molecule has 7 nitrogen and oxygen atoms in total. The maximum absolute atomic E-state index is 10.9. The van der Waals surface area contributed by atoms with Crippen LogP contribution in [0.5, 0.6) is 11.5 Å². The molecule has 0 aliphatic carbocycles. The Morgan fingerprint density at radius 2 is 2.20 bits per heavy atom. The third-order valence-electron chi connectivity index (χ3n) is 2.59. The average Bonchev–Trinajstić information content (AvgIpc) is 2.43. The van der Waals surface area contributed by atoms with Gasteiger partial charge in [-0.3, -0.25) is 10.1 Å². The van der Waals surface area contributed by atoms with Crippen molar-refractivity contribution in [3.63, 3.8) is 0 Å². The Labute approximate surface area is 115 Å². The number of methoxy groups -OCH3 is 1. The van der Waals surface area contributed by atoms with Gasteiger partial charge >= 0.3 is 11.7 Å². The molecule has 0 atom stereocenters. The summed E-state index contributed by atoms with van der Waals surface area (Å²) in [6.07, 6.45) is 1.74. The summed E-state index contributed by atoms with van der Waals surface area (Å²) in [6, 6.07) is 4.19. The van der Waals surface area contributed by atoms with Gasteiger partial charge in [0.05, 0.1) is 18.1 Å². The van der Waals surface area contributed by atoms with Gasteiger partial charge in [0, 0.05) is 5.57 Å². The molecule has 1 aromatic rings. The summed E-state index contributed by atoms with van der Waals surface area (Å²) in [7, 11) is 1.41. The molecule has 1 aromatic carbocycles. The Balaban J connectivity index is 2.87. The van der Waals surface area contributed by atoms with Crippen molar-refractivity contribution in [3.05, 3.63) is 40.0 Å². The molecule has 0 spiro atoms. The van der Waals surface area contributed by atoms with Crippen LogP contribution >= 0.6 is 0 Å². The van der Waals surface area contributed by atoms with Gasteiger partial charge in [0.25, 0.3) is 0 Å². The Morgan fingerprint density at radius 3 is 2.70 bits per heavy atom. The molecule has 0 bridgehead atoms. The SMILES string of the molecule is CCC(=CCOc1ccc(OC)cc1[N+](=O)[O-])C(=O)O. The predicted molar refractivity (Wildman–Crippen MR) is 71.2 cm³/mol. The minimum Gasteiger partial charge on any atom is -0.496 e. The second-order valence-electron chi connectivity index (χ2n) is 3.79. The first kappa shape index (κ1) is 15.5. The number of carbonyl (C=O) groups is 1. The summed E-state index contributed by atoms with van der Waals surface area (Å²) in [4.78, 5) is 21.1. The fourth-order valence-electron chi connectivity index (χ4n) is 1.50. The molecular weight excluding hydrogens is 266 g/mol. The molecular formula is C13H15NO6. The fraction of sp³-hybridized carbons (Fsp3) is 0.308. The number of nitro benzene ring substituents is 1. The van der Waals surface area contributed by atoms with E-state index in [-0.39, 0.29) is 23.6 Å². The Bertz CT molecular complexity index is 538. The molecule has 0 unspecified atom stereocenters. The minimum atomic E-state index is -1.03. The van der Waals surface area contributed by atoms with E-state index in [0.29, 0.717) is 12.2 Å². The third kappa shape index (κ3) is 3.98. The molecule has 20 heavy (non-hydrogen) atoms. The van der Waals surface area contributed by atoms with Crippen LogP contribution in [0.15, 0.2) is 29.8 Å². The van der Waals surface area contributed by atoms with E-state index in [9.17, 15) is 14.9 Å². The van der Waals surface area contributed by atoms with E-state index in [1.165, 1.54) is 31.4 Å². The topological polar surface area (TPSA) is 98.9 Å². The van der Waals surface area contributed by atoms with Crippen molar-refractivity contribution in [1.82, 2.24) is 0 Å². The number of hydrogen-bond donors (Lipinski definition) is 1. The van der Waals surface area contributed by atoms with Gasteiger partial charge in [-0.1, -0.05) is 6.92 Å². The van der Waals surface area contributed by atoms with Gasteiger partial charge in [-0.05, 0) is 24.6 Å². The van der Waals surface area contributed by atoms with Gasteiger partial charge in [-0.15, -0.1) is 0 Å². The number of nitro groups is 1. The Hall–Kier alpha value is -2.57. The van der Waals surface area contributed by atoms with E-state index in [0.717, 1.165) is 0 Å². The first-order chi connectivity index (χ1) is 9.49. The number of ether oxygens (including phenoxy) is 2. The monoisotopic (exact) mass is 281 g/mol. The zero-order chi connectivity index (χ0) is 15.1. The molecule has 0 heterocycles. The highest BCUT2D eigenvalue weighted by atomic mass is 16.6. The number of aliphatic carboxylic acids is 1. The van der Waals surface area contributed by atoms with E-state index in [1.807, 2.05) is 0 Å². The van der Waals surface area contributed by atoms with Crippen molar-refractivity contribution in [2.24, 2.45) is 0 Å². The van der Waals surface area contributed by atoms with Gasteiger partial charge in [-0.2, -0.15) is 0 Å². The summed E-state index contributed by atoms with van der Waals surface area (Å²) < 4.78 is 10.1. The first-order valence-corrected chi connectivity index (χ1v) is 5.87. The highest BCUT2D eigenvalue weighted by molar-refractivity contribution is 5.86. The normalized spacial score (nSPS) is 11.0. The van der Waals surface area contributed by atoms with Crippen molar-refractivity contribution in [2.75, 3.05) is 13.7 Å². The maximum Gasteiger partial charge on any atom is 0.331 e. The number of nitrogens with zero attached hydrogens (tertiary/aromatic N) is 1. The van der Waals surface area contributed by atoms with Gasteiger partial charge in [-0.25, -0.2) is 4.79 Å². The summed E-state index contributed by atoms with van der Waals surface area (Å²) in [5.74, 6) is -0.618. The number of carboxylic acids is 1. The molecule has 0 aromatic heterocycles. The molecule has 0 aliphatic heterocycles. The van der Waals surface area contributed by atoms with E-state index in [2.05, 4.69) is 0 Å². The lowest BCUT2D eigenvalue weighted by Gasteiger charge is -2.06. The Morgan fingerprint density at radius 1 is 1.50 bits per heavy atom. The second kappa shape index (κ2) is 7.13. The largest absolute Gasteiger partial charge is 0.496 e. The lowest BCUT2D eigenvalue weighted by molar-refractivity contribution is -0.385. The molecule has 0 fully saturated rings. The van der Waals surface area contributed by atoms with Crippen molar-refractivity contribution in [1.29, 1.82) is 0 Å². The average molecular weight is 281 g/mol. The van der Waals surface area contributed by atoms with Crippen LogP contribution in [0.25, 0.3) is 0 Å². The smallest absolute Gasteiger partial charge is 0.331 e. The van der Waals surface area contributed by atoms with E-state index >= 15 is 0 Å². The van der Waals surface area contributed by atoms with E-state index in [4.69, 9.17) is 14.6 Å². The number of carboxylic acid groups (broad SMARTS) is 1. The summed E-state index contributed by atoms with van der Waals surface area (Å²) in [5.41, 5.74) is -0.0349. The molecule has 0 saturated carbocycles. The Kier molecular flexibility index (Phi) is 5.52. The third-order valence-corrected chi connectivity index (χ3v) is 2.59. The van der Waals surface area contributed by atoms with Crippen LogP contribution in [0.1, 0.15) is 13.3 Å². The lowest BCUT2D eigenvalue weighted by Crippen LogP contribution is -2.04. The van der Waals surface area contributed by atoms with Crippen molar-refractivity contribution in [3.8, 4) is 11.5 Å². The molecule has 1 rings (SSSR count). The van der Waals surface area contributed by atoms with Gasteiger partial charge < -0.3 is 14.6 Å². The van der Waals surface area contributed by atoms with Crippen molar-refractivity contribution >= 4 is 11.7 Å². The highest BCUT2D eigenvalue weighted by Crippen LogP contribution is 2.30. The quantitative estimate of drug-likeness (QED) is 0.468. The summed E-state index contributed by atoms with van der Waals surface area (Å²) >= 11 is 0. The zero-order valence-corrected chi connectivity index (χ0v) is 11.2. The first-order valence-electron chi connectivity index (χ1n) is 5.87. The van der Waals surface area contributed by atoms with Crippen LogP contribution in [0.3, 0.4) is 0 Å². The predicted octanol–water partition coefficient (Wildman–Crippen LogP) is 2.40. The number of hydrogen-bond acceptors (Lipinski definition) is 5. The van der Waals surface area contributed by atoms with Gasteiger partial charge in [0.1, 0.15) is 12.4 Å². The molecule has 0 amide bonds. The maximum atomic E-state index is 10.9. The van der Waals surface area contributed by atoms with Crippen LogP contribution in [0.4, 0.5) is 5.69 Å². The number of benzene rings is 1. The fourth-order valence-corrected chi connectivity index (χ4v) is 1.50.